The van der Waals surface area contributed by atoms with Crippen LogP contribution in [-0.4, -0.2) is 11.1 Å². The molecule has 1 N–H and O–H groups in total. The van der Waals surface area contributed by atoms with E-state index in [-0.39, 0.29) is 0 Å². The topological polar surface area (TPSA) is 37.3 Å². The van der Waals surface area contributed by atoms with Gasteiger partial charge in [-0.15, -0.1) is 0 Å². The first-order chi connectivity index (χ1) is 31.9. The summed E-state index contributed by atoms with van der Waals surface area (Å²) in [5.74, 6) is -0.711. The maximum absolute atomic E-state index is 9.60. The van der Waals surface area contributed by atoms with Gasteiger partial charge in [0.05, 0.1) is 0 Å². The van der Waals surface area contributed by atoms with Crippen molar-refractivity contribution in [1.82, 2.24) is 0 Å². The lowest BCUT2D eigenvalue weighted by atomic mass is 10.2. The third kappa shape index (κ3) is 235. The quantitative estimate of drug-likeness (QED) is 0.0682. The zero-order valence-electron chi connectivity index (χ0n) is 52.1. The Labute approximate surface area is 429 Å². The summed E-state index contributed by atoms with van der Waals surface area (Å²) in [5.41, 5.74) is 0. The second-order valence-electron chi connectivity index (χ2n) is 18.2. The van der Waals surface area contributed by atoms with Crippen LogP contribution in [0.5, 0.6) is 0 Å². The van der Waals surface area contributed by atoms with Crippen LogP contribution in [0.2, 0.25) is 0 Å². The van der Waals surface area contributed by atoms with E-state index < -0.39 is 5.97 Å². The Balaban J connectivity index is -0.0000000560. The second-order valence-corrected chi connectivity index (χ2v) is 18.2. The molecule has 0 aromatic carbocycles. The minimum absolute atomic E-state index is 0.292. The van der Waals surface area contributed by atoms with Gasteiger partial charge in [-0.05, 0) is 6.42 Å². The number of aliphatic carboxylic acids is 1. The number of hydrogen-bond donors (Lipinski definition) is 1. The van der Waals surface area contributed by atoms with Crippen LogP contribution in [0.25, 0.3) is 0 Å². The Morgan fingerprint density at radius 1 is 0.182 bits per heavy atom. The summed E-state index contributed by atoms with van der Waals surface area (Å²) in [6, 6.07) is 0. The minimum Gasteiger partial charge on any atom is -0.481 e. The van der Waals surface area contributed by atoms with Crippen LogP contribution in [0.3, 0.4) is 0 Å². The van der Waals surface area contributed by atoms with Gasteiger partial charge < -0.3 is 5.11 Å². The van der Waals surface area contributed by atoms with Gasteiger partial charge in [-0.25, -0.2) is 0 Å². The molecule has 0 atom stereocenters. The van der Waals surface area contributed by atoms with Crippen molar-refractivity contribution >= 4 is 5.97 Å². The van der Waals surface area contributed by atoms with E-state index in [4.69, 9.17) is 5.11 Å². The van der Waals surface area contributed by atoms with E-state index in [0.29, 0.717) is 6.42 Å². The van der Waals surface area contributed by atoms with Gasteiger partial charge in [0.15, 0.2) is 0 Å². The number of hydrogen-bond acceptors (Lipinski definition) is 1. The monoisotopic (exact) mass is 949 g/mol. The van der Waals surface area contributed by atoms with Gasteiger partial charge in [0.2, 0.25) is 0 Å². The van der Waals surface area contributed by atoms with Gasteiger partial charge in [-0.1, -0.05) is 402 Å². The molecule has 66 heavy (non-hydrogen) atoms. The molecule has 0 unspecified atom stereocenters. The highest BCUT2D eigenvalue weighted by molar-refractivity contribution is 5.66. The molecule has 0 heterocycles. The molecule has 0 rings (SSSR count). The average molecular weight is 950 g/mol. The highest BCUT2D eigenvalue weighted by atomic mass is 16.4. The molecule has 0 aliphatic rings. The van der Waals surface area contributed by atoms with Crippen molar-refractivity contribution in [2.24, 2.45) is 0 Å². The van der Waals surface area contributed by atoms with Crippen LogP contribution in [0.4, 0.5) is 0 Å². The molecule has 0 aromatic heterocycles. The van der Waals surface area contributed by atoms with Crippen LogP contribution in [0.1, 0.15) is 415 Å². The molecule has 0 fully saturated rings. The fraction of sp³-hybridized carbons (Fsp3) is 0.984. The SMILES string of the molecule is CCCC(=O)O.CCCCCC.CCCCCC.CCCCCC.CCCCCC.CCCCCC.CCCCCC.CCCCCC.CCCCCC.CCCCCC.CCCCCC. The van der Waals surface area contributed by atoms with Crippen molar-refractivity contribution in [3.8, 4) is 0 Å². The number of carboxylic acid groups (broad SMARTS) is 1. The summed E-state index contributed by atoms with van der Waals surface area (Å²) in [4.78, 5) is 9.60. The van der Waals surface area contributed by atoms with Crippen molar-refractivity contribution < 1.29 is 9.90 Å². The van der Waals surface area contributed by atoms with E-state index in [1.807, 2.05) is 6.92 Å². The Hall–Kier alpha value is -0.530. The molecule has 0 aliphatic carbocycles. The normalized spacial score (nSPS) is 8.92. The lowest BCUT2D eigenvalue weighted by molar-refractivity contribution is -0.137. The molecule has 0 saturated carbocycles. The van der Waals surface area contributed by atoms with E-state index in [1.54, 1.807) is 0 Å². The number of rotatable bonds is 32. The van der Waals surface area contributed by atoms with Crippen molar-refractivity contribution in [2.75, 3.05) is 0 Å². The number of unbranched alkanes of at least 4 members (excludes halogenated alkanes) is 30. The predicted octanol–water partition coefficient (Wildman–Crippen LogP) is 26.7. The lowest BCUT2D eigenvalue weighted by Crippen LogP contribution is -1.90. The molecule has 0 amide bonds. The maximum atomic E-state index is 9.60. The summed E-state index contributed by atoms with van der Waals surface area (Å²) < 4.78 is 0. The standard InChI is InChI=1S/10C6H14.C4H8O2/c10*1-3-5-6-4-2;1-2-3-4(5)6/h10*3-6H2,1-2H3;2-3H2,1H3,(H,5,6). The Morgan fingerprint density at radius 2 is 0.258 bits per heavy atom. The molecule has 0 bridgehead atoms. The van der Waals surface area contributed by atoms with Gasteiger partial charge in [0.1, 0.15) is 0 Å². The van der Waals surface area contributed by atoms with Crippen LogP contribution in [0.15, 0.2) is 0 Å². The highest BCUT2D eigenvalue weighted by Gasteiger charge is 1.87. The number of carbonyl (C=O) groups is 1. The molecule has 2 heteroatoms. The van der Waals surface area contributed by atoms with Crippen molar-refractivity contribution in [1.29, 1.82) is 0 Å². The molecule has 0 aliphatic heterocycles. The fourth-order valence-corrected chi connectivity index (χ4v) is 5.21. The van der Waals surface area contributed by atoms with Crippen LogP contribution >= 0.6 is 0 Å². The molecular formula is C64H148O2. The van der Waals surface area contributed by atoms with E-state index in [0.717, 1.165) is 6.42 Å². The Bertz CT molecular complexity index is 372. The fourth-order valence-electron chi connectivity index (χ4n) is 5.21. The summed E-state index contributed by atoms with van der Waals surface area (Å²) in [6.07, 6.45) is 56.4. The molecular weight excluding hydrogens is 801 g/mol. The van der Waals surface area contributed by atoms with Crippen molar-refractivity contribution in [3.63, 3.8) is 0 Å². The second kappa shape index (κ2) is 131. The summed E-state index contributed by atoms with van der Waals surface area (Å²) in [7, 11) is 0. The van der Waals surface area contributed by atoms with Crippen LogP contribution < -0.4 is 0 Å². The minimum atomic E-state index is -0.711. The van der Waals surface area contributed by atoms with Crippen molar-refractivity contribution in [2.45, 2.75) is 415 Å². The third-order valence-corrected chi connectivity index (χ3v) is 10.0. The van der Waals surface area contributed by atoms with Crippen LogP contribution in [-0.2, 0) is 4.79 Å². The summed E-state index contributed by atoms with van der Waals surface area (Å²) >= 11 is 0. The third-order valence-electron chi connectivity index (χ3n) is 10.0. The van der Waals surface area contributed by atoms with Gasteiger partial charge in [-0.2, -0.15) is 0 Å². The predicted molar refractivity (Wildman–Crippen MR) is 321 cm³/mol. The van der Waals surface area contributed by atoms with E-state index in [9.17, 15) is 4.79 Å². The summed E-state index contributed by atoms with van der Waals surface area (Å²) in [5, 5.41) is 7.91. The van der Waals surface area contributed by atoms with E-state index >= 15 is 0 Å². The zero-order valence-corrected chi connectivity index (χ0v) is 52.1. The first-order valence-corrected chi connectivity index (χ1v) is 31.1. The molecule has 2 nitrogen and oxygen atoms in total. The Morgan fingerprint density at radius 3 is 0.273 bits per heavy atom. The van der Waals surface area contributed by atoms with Gasteiger partial charge >= 0.3 is 5.97 Å². The summed E-state index contributed by atoms with van der Waals surface area (Å²) in [6.45, 7) is 46.5. The zero-order chi connectivity index (χ0) is 53.3. The maximum Gasteiger partial charge on any atom is 0.303 e. The Kier molecular flexibility index (Phi) is 182. The van der Waals surface area contributed by atoms with Crippen molar-refractivity contribution in [3.05, 3.63) is 0 Å². The molecule has 0 saturated heterocycles. The first kappa shape index (κ1) is 91.7. The van der Waals surface area contributed by atoms with Crippen LogP contribution in [0, 0.1) is 0 Å². The molecule has 0 aromatic rings. The van der Waals surface area contributed by atoms with E-state index in [2.05, 4.69) is 138 Å². The molecule has 0 spiro atoms. The molecule has 0 radical (unpaired) electrons. The largest absolute Gasteiger partial charge is 0.481 e. The highest BCUT2D eigenvalue weighted by Crippen LogP contribution is 2.00. The molecule has 416 valence electrons. The van der Waals surface area contributed by atoms with Gasteiger partial charge in [-0.3, -0.25) is 4.79 Å². The van der Waals surface area contributed by atoms with Gasteiger partial charge in [0, 0.05) is 6.42 Å². The number of carboxylic acids is 1. The smallest absolute Gasteiger partial charge is 0.303 e. The average Bonchev–Trinajstić information content (AvgIpc) is 3.34. The lowest BCUT2D eigenvalue weighted by Gasteiger charge is -1.86. The van der Waals surface area contributed by atoms with Gasteiger partial charge in [0.25, 0.3) is 0 Å². The van der Waals surface area contributed by atoms with E-state index in [1.165, 1.54) is 257 Å². The first-order valence-electron chi connectivity index (χ1n) is 31.1.